The highest BCUT2D eigenvalue weighted by Gasteiger charge is 2.43. The van der Waals surface area contributed by atoms with Gasteiger partial charge in [0, 0.05) is 37.6 Å². The van der Waals surface area contributed by atoms with Crippen LogP contribution in [-0.4, -0.2) is 49.5 Å². The number of methoxy groups -OCH3 is 2. The molecule has 0 bridgehead atoms. The lowest BCUT2D eigenvalue weighted by Crippen LogP contribution is -2.52. The first-order valence-corrected chi connectivity index (χ1v) is 10.4. The smallest absolute Gasteiger partial charge is 0.246 e. The highest BCUT2D eigenvalue weighted by molar-refractivity contribution is 6.00. The van der Waals surface area contributed by atoms with E-state index in [0.29, 0.717) is 55.2 Å². The number of fused-ring (bicyclic) bond motifs is 1. The topological polar surface area (TPSA) is 65.1 Å². The summed E-state index contributed by atoms with van der Waals surface area (Å²) in [5.74, 6) is 2.08. The molecule has 1 fully saturated rings. The van der Waals surface area contributed by atoms with Gasteiger partial charge in [-0.15, -0.1) is 0 Å². The average molecular weight is 421 g/mol. The van der Waals surface area contributed by atoms with Crippen LogP contribution in [0.25, 0.3) is 6.08 Å². The Morgan fingerprint density at radius 2 is 1.87 bits per heavy atom. The molecule has 1 saturated heterocycles. The van der Waals surface area contributed by atoms with E-state index in [4.69, 9.17) is 14.2 Å². The lowest BCUT2D eigenvalue weighted by Gasteiger charge is -2.43. The fourth-order valence-corrected chi connectivity index (χ4v) is 4.26. The van der Waals surface area contributed by atoms with E-state index in [1.807, 2.05) is 43.3 Å². The van der Waals surface area contributed by atoms with Gasteiger partial charge in [0.15, 0.2) is 5.78 Å². The molecule has 0 saturated carbocycles. The van der Waals surface area contributed by atoms with E-state index < -0.39 is 5.60 Å². The fourth-order valence-electron chi connectivity index (χ4n) is 4.26. The Hall–Kier alpha value is -3.28. The summed E-state index contributed by atoms with van der Waals surface area (Å²) >= 11 is 0. The van der Waals surface area contributed by atoms with Crippen LogP contribution in [-0.2, 0) is 4.79 Å². The molecule has 0 radical (unpaired) electrons. The normalized spacial score (nSPS) is 17.4. The van der Waals surface area contributed by atoms with E-state index >= 15 is 0 Å². The van der Waals surface area contributed by atoms with Crippen molar-refractivity contribution < 1.29 is 23.8 Å². The Balaban J connectivity index is 1.42. The van der Waals surface area contributed by atoms with Crippen molar-refractivity contribution in [1.82, 2.24) is 4.90 Å². The van der Waals surface area contributed by atoms with E-state index in [9.17, 15) is 9.59 Å². The third kappa shape index (κ3) is 4.29. The number of benzene rings is 2. The Morgan fingerprint density at radius 3 is 2.58 bits per heavy atom. The van der Waals surface area contributed by atoms with Crippen LogP contribution < -0.4 is 14.2 Å². The van der Waals surface area contributed by atoms with Gasteiger partial charge >= 0.3 is 0 Å². The highest BCUT2D eigenvalue weighted by atomic mass is 16.5. The number of rotatable bonds is 4. The Labute approximate surface area is 182 Å². The second-order valence-electron chi connectivity index (χ2n) is 8.15. The lowest BCUT2D eigenvalue weighted by atomic mass is 9.82. The van der Waals surface area contributed by atoms with Crippen molar-refractivity contribution in [3.63, 3.8) is 0 Å². The third-order valence-electron chi connectivity index (χ3n) is 6.07. The van der Waals surface area contributed by atoms with Crippen LogP contribution in [0.1, 0.15) is 40.7 Å². The van der Waals surface area contributed by atoms with Gasteiger partial charge < -0.3 is 19.1 Å². The van der Waals surface area contributed by atoms with Crippen LogP contribution in [0.2, 0.25) is 0 Å². The number of hydrogen-bond acceptors (Lipinski definition) is 5. The van der Waals surface area contributed by atoms with Crippen LogP contribution in [0.3, 0.4) is 0 Å². The molecule has 0 atom stereocenters. The van der Waals surface area contributed by atoms with Gasteiger partial charge in [-0.3, -0.25) is 9.59 Å². The van der Waals surface area contributed by atoms with Crippen LogP contribution in [0.4, 0.5) is 0 Å². The standard InChI is InChI=1S/C25H27NO5/c1-17-4-7-23-20(14-17)21(27)16-25(31-23)10-12-26(13-11-25)24(28)9-5-18-15-19(29-2)6-8-22(18)30-3/h4-9,14-15H,10-13,16H2,1-3H3/b9-5+. The molecule has 2 heterocycles. The SMILES string of the molecule is COc1ccc(OC)c(/C=C/C(=O)N2CCC3(CC2)CC(=O)c2cc(C)ccc2O3)c1. The van der Waals surface area contributed by atoms with E-state index in [-0.39, 0.29) is 11.7 Å². The Kier molecular flexibility index (Phi) is 5.72. The minimum absolute atomic E-state index is 0.0714. The number of carbonyl (C=O) groups excluding carboxylic acids is 2. The molecule has 0 unspecified atom stereocenters. The Morgan fingerprint density at radius 1 is 1.10 bits per heavy atom. The monoisotopic (exact) mass is 421 g/mol. The number of likely N-dealkylation sites (tertiary alicyclic amines) is 1. The van der Waals surface area contributed by atoms with Crippen molar-refractivity contribution in [2.75, 3.05) is 27.3 Å². The Bertz CT molecular complexity index is 1030. The molecule has 1 spiro atoms. The van der Waals surface area contributed by atoms with Gasteiger partial charge in [-0.1, -0.05) is 11.6 Å². The van der Waals surface area contributed by atoms with Gasteiger partial charge in [0.1, 0.15) is 22.8 Å². The van der Waals surface area contributed by atoms with Crippen LogP contribution in [0, 0.1) is 6.92 Å². The molecule has 31 heavy (non-hydrogen) atoms. The summed E-state index contributed by atoms with van der Waals surface area (Å²) in [7, 11) is 3.19. The first-order valence-electron chi connectivity index (χ1n) is 10.4. The van der Waals surface area contributed by atoms with Crippen molar-refractivity contribution >= 4 is 17.8 Å². The molecule has 0 aliphatic carbocycles. The van der Waals surface area contributed by atoms with Crippen molar-refractivity contribution in [3.8, 4) is 17.2 Å². The zero-order valence-corrected chi connectivity index (χ0v) is 18.1. The number of ketones is 1. The molecule has 0 aromatic heterocycles. The number of Topliss-reactive ketones (excluding diaryl/α,β-unsaturated/α-hetero) is 1. The number of nitrogens with zero attached hydrogens (tertiary/aromatic N) is 1. The van der Waals surface area contributed by atoms with Crippen molar-refractivity contribution in [2.24, 2.45) is 0 Å². The number of piperidine rings is 1. The van der Waals surface area contributed by atoms with E-state index in [1.54, 1.807) is 31.3 Å². The van der Waals surface area contributed by atoms with E-state index in [2.05, 4.69) is 0 Å². The summed E-state index contributed by atoms with van der Waals surface area (Å²) in [5.41, 5.74) is 1.97. The predicted molar refractivity (Wildman–Crippen MR) is 118 cm³/mol. The molecule has 6 heteroatoms. The largest absolute Gasteiger partial charge is 0.497 e. The number of ether oxygens (including phenoxy) is 3. The van der Waals surface area contributed by atoms with E-state index in [0.717, 1.165) is 11.1 Å². The molecule has 2 aromatic carbocycles. The maximum absolute atomic E-state index is 12.8. The molecular weight excluding hydrogens is 394 g/mol. The molecule has 2 aliphatic heterocycles. The predicted octanol–water partition coefficient (Wildman–Crippen LogP) is 4.05. The molecule has 6 nitrogen and oxygen atoms in total. The minimum Gasteiger partial charge on any atom is -0.497 e. The van der Waals surface area contributed by atoms with Gasteiger partial charge in [0.05, 0.1) is 26.2 Å². The number of carbonyl (C=O) groups is 2. The zero-order chi connectivity index (χ0) is 22.0. The highest BCUT2D eigenvalue weighted by Crippen LogP contribution is 2.39. The summed E-state index contributed by atoms with van der Waals surface area (Å²) in [4.78, 5) is 27.3. The first kappa shape index (κ1) is 21.0. The molecule has 2 aliphatic rings. The first-order chi connectivity index (χ1) is 14.9. The summed E-state index contributed by atoms with van der Waals surface area (Å²) in [6.07, 6.45) is 4.93. The second-order valence-corrected chi connectivity index (χ2v) is 8.15. The minimum atomic E-state index is -0.518. The van der Waals surface area contributed by atoms with Crippen molar-refractivity contribution in [3.05, 3.63) is 59.2 Å². The number of hydrogen-bond donors (Lipinski definition) is 0. The van der Waals surface area contributed by atoms with Gasteiger partial charge in [0.2, 0.25) is 5.91 Å². The van der Waals surface area contributed by atoms with Crippen LogP contribution in [0.5, 0.6) is 17.2 Å². The second kappa shape index (κ2) is 8.46. The molecule has 0 N–H and O–H groups in total. The number of amides is 1. The molecule has 162 valence electrons. The molecule has 1 amide bonds. The fraction of sp³-hybridized carbons (Fsp3) is 0.360. The quantitative estimate of drug-likeness (QED) is 0.697. The molecule has 2 aromatic rings. The van der Waals surface area contributed by atoms with Gasteiger partial charge in [-0.25, -0.2) is 0 Å². The molecule has 4 rings (SSSR count). The zero-order valence-electron chi connectivity index (χ0n) is 18.1. The maximum Gasteiger partial charge on any atom is 0.246 e. The van der Waals surface area contributed by atoms with Gasteiger partial charge in [-0.05, 0) is 43.3 Å². The van der Waals surface area contributed by atoms with Gasteiger partial charge in [0.25, 0.3) is 0 Å². The van der Waals surface area contributed by atoms with Gasteiger partial charge in [-0.2, -0.15) is 0 Å². The summed E-state index contributed by atoms with van der Waals surface area (Å²) in [6, 6.07) is 11.2. The van der Waals surface area contributed by atoms with E-state index in [1.165, 1.54) is 0 Å². The van der Waals surface area contributed by atoms with Crippen molar-refractivity contribution in [1.29, 1.82) is 0 Å². The maximum atomic E-state index is 12.8. The lowest BCUT2D eigenvalue weighted by molar-refractivity contribution is -0.129. The average Bonchev–Trinajstić information content (AvgIpc) is 2.78. The summed E-state index contributed by atoms with van der Waals surface area (Å²) in [6.45, 7) is 3.07. The van der Waals surface area contributed by atoms with Crippen LogP contribution in [0.15, 0.2) is 42.5 Å². The van der Waals surface area contributed by atoms with Crippen molar-refractivity contribution in [2.45, 2.75) is 31.8 Å². The number of aryl methyl sites for hydroxylation is 1. The van der Waals surface area contributed by atoms with Crippen LogP contribution >= 0.6 is 0 Å². The summed E-state index contributed by atoms with van der Waals surface area (Å²) < 4.78 is 16.9. The summed E-state index contributed by atoms with van der Waals surface area (Å²) in [5, 5.41) is 0. The molecular formula is C25H27NO5. The third-order valence-corrected chi connectivity index (χ3v) is 6.07.